The molecular weight excluding hydrogens is 336 g/mol. The average molecular weight is 366 g/mol. The first-order valence-electron chi connectivity index (χ1n) is 9.57. The number of β-amino-alcohol motifs (C(OH)–C–C–N with tert-alkyl or cyclic N) is 1. The number of aliphatic hydroxyl groups excluding tert-OH is 1. The van der Waals surface area contributed by atoms with Crippen molar-refractivity contribution in [3.05, 3.63) is 17.8 Å². The van der Waals surface area contributed by atoms with E-state index in [2.05, 4.69) is 20.1 Å². The summed E-state index contributed by atoms with van der Waals surface area (Å²) in [6.07, 6.45) is 3.42. The molecule has 146 valence electrons. The molecule has 2 fully saturated rings. The lowest BCUT2D eigenvalue weighted by atomic mass is 10.2. The largest absolute Gasteiger partial charge is 0.447 e. The average Bonchev–Trinajstić information content (AvgIpc) is 3.36. The molecule has 1 amide bonds. The molecule has 0 unspecified atom stereocenters. The SMILES string of the molecule is CCOC[C@@H](O)CN1CCN(Cc2nc(C(=O)NCC3CC3)co2)CC1. The molecule has 1 aliphatic carbocycles. The van der Waals surface area contributed by atoms with E-state index >= 15 is 0 Å². The van der Waals surface area contributed by atoms with Crippen LogP contribution >= 0.6 is 0 Å². The van der Waals surface area contributed by atoms with Crippen molar-refractivity contribution in [1.82, 2.24) is 20.1 Å². The van der Waals surface area contributed by atoms with Gasteiger partial charge >= 0.3 is 0 Å². The first kappa shape index (κ1) is 19.3. The number of aliphatic hydroxyl groups is 1. The fourth-order valence-corrected chi connectivity index (χ4v) is 3.06. The molecule has 1 aliphatic heterocycles. The summed E-state index contributed by atoms with van der Waals surface area (Å²) in [5.41, 5.74) is 0.360. The number of carbonyl (C=O) groups is 1. The second-order valence-corrected chi connectivity index (χ2v) is 7.17. The highest BCUT2D eigenvalue weighted by Gasteiger charge is 2.24. The van der Waals surface area contributed by atoms with Crippen LogP contribution in [0.2, 0.25) is 0 Å². The topological polar surface area (TPSA) is 91.1 Å². The van der Waals surface area contributed by atoms with Crippen molar-refractivity contribution in [2.24, 2.45) is 5.92 Å². The van der Waals surface area contributed by atoms with Gasteiger partial charge in [-0.3, -0.25) is 14.6 Å². The summed E-state index contributed by atoms with van der Waals surface area (Å²) >= 11 is 0. The second kappa shape index (κ2) is 9.45. The molecule has 1 aromatic heterocycles. The Morgan fingerprint density at radius 1 is 1.38 bits per heavy atom. The summed E-state index contributed by atoms with van der Waals surface area (Å²) in [5, 5.41) is 12.8. The Hall–Kier alpha value is -1.48. The number of hydrogen-bond donors (Lipinski definition) is 2. The van der Waals surface area contributed by atoms with E-state index in [4.69, 9.17) is 9.15 Å². The number of ether oxygens (including phenoxy) is 1. The smallest absolute Gasteiger partial charge is 0.273 e. The third kappa shape index (κ3) is 6.05. The molecule has 3 rings (SSSR count). The van der Waals surface area contributed by atoms with Crippen molar-refractivity contribution in [1.29, 1.82) is 0 Å². The van der Waals surface area contributed by atoms with Crippen molar-refractivity contribution in [2.75, 3.05) is 52.5 Å². The summed E-state index contributed by atoms with van der Waals surface area (Å²) in [5.74, 6) is 1.07. The summed E-state index contributed by atoms with van der Waals surface area (Å²) in [6.45, 7) is 8.45. The number of aromatic nitrogens is 1. The van der Waals surface area contributed by atoms with Crippen LogP contribution in [0, 0.1) is 5.92 Å². The van der Waals surface area contributed by atoms with Gasteiger partial charge in [0.2, 0.25) is 5.89 Å². The molecule has 1 saturated heterocycles. The third-order valence-electron chi connectivity index (χ3n) is 4.84. The van der Waals surface area contributed by atoms with Gasteiger partial charge < -0.3 is 19.6 Å². The number of nitrogens with one attached hydrogen (secondary N) is 1. The first-order valence-corrected chi connectivity index (χ1v) is 9.57. The van der Waals surface area contributed by atoms with Crippen LogP contribution < -0.4 is 5.32 Å². The van der Waals surface area contributed by atoms with Crippen molar-refractivity contribution < 1.29 is 19.1 Å². The minimum atomic E-state index is -0.440. The fourth-order valence-electron chi connectivity index (χ4n) is 3.06. The summed E-state index contributed by atoms with van der Waals surface area (Å²) in [4.78, 5) is 20.8. The second-order valence-electron chi connectivity index (χ2n) is 7.17. The Morgan fingerprint density at radius 3 is 2.81 bits per heavy atom. The van der Waals surface area contributed by atoms with E-state index in [9.17, 15) is 9.90 Å². The van der Waals surface area contributed by atoms with Crippen molar-refractivity contribution in [3.63, 3.8) is 0 Å². The van der Waals surface area contributed by atoms with Crippen LogP contribution in [0.1, 0.15) is 36.1 Å². The highest BCUT2D eigenvalue weighted by molar-refractivity contribution is 5.91. The van der Waals surface area contributed by atoms with Crippen LogP contribution in [0.3, 0.4) is 0 Å². The van der Waals surface area contributed by atoms with Gasteiger partial charge in [0.05, 0.1) is 19.3 Å². The van der Waals surface area contributed by atoms with Gasteiger partial charge in [-0.15, -0.1) is 0 Å². The van der Waals surface area contributed by atoms with E-state index in [0.717, 1.165) is 32.7 Å². The van der Waals surface area contributed by atoms with Gasteiger partial charge in [-0.05, 0) is 25.7 Å². The Morgan fingerprint density at radius 2 is 2.12 bits per heavy atom. The highest BCUT2D eigenvalue weighted by atomic mass is 16.5. The maximum absolute atomic E-state index is 12.0. The van der Waals surface area contributed by atoms with Crippen LogP contribution in [-0.2, 0) is 11.3 Å². The monoisotopic (exact) mass is 366 g/mol. The number of amides is 1. The van der Waals surface area contributed by atoms with E-state index in [-0.39, 0.29) is 5.91 Å². The lowest BCUT2D eigenvalue weighted by Gasteiger charge is -2.34. The zero-order valence-corrected chi connectivity index (χ0v) is 15.5. The standard InChI is InChI=1S/C18H30N4O4/c1-2-25-12-15(23)10-21-5-7-22(8-6-21)11-17-20-16(13-26-17)18(24)19-9-14-3-4-14/h13-15,23H,2-12H2,1H3,(H,19,24)/t15-/m0/s1. The van der Waals surface area contributed by atoms with Crippen LogP contribution in [-0.4, -0.2) is 84.4 Å². The van der Waals surface area contributed by atoms with Gasteiger partial charge in [0.25, 0.3) is 5.91 Å². The minimum absolute atomic E-state index is 0.153. The zero-order valence-electron chi connectivity index (χ0n) is 15.5. The van der Waals surface area contributed by atoms with E-state index in [1.165, 1.54) is 19.1 Å². The van der Waals surface area contributed by atoms with E-state index in [1.807, 2.05) is 6.92 Å². The number of oxazole rings is 1. The molecule has 26 heavy (non-hydrogen) atoms. The first-order chi connectivity index (χ1) is 12.6. The number of piperazine rings is 1. The van der Waals surface area contributed by atoms with Gasteiger partial charge in [0, 0.05) is 45.9 Å². The summed E-state index contributed by atoms with van der Waals surface area (Å²) in [6, 6.07) is 0. The molecule has 0 aromatic carbocycles. The lowest BCUT2D eigenvalue weighted by molar-refractivity contribution is 0.00949. The van der Waals surface area contributed by atoms with Crippen molar-refractivity contribution in [3.8, 4) is 0 Å². The molecule has 2 heterocycles. The Kier molecular flexibility index (Phi) is 7.01. The molecular formula is C18H30N4O4. The van der Waals surface area contributed by atoms with E-state index < -0.39 is 6.10 Å². The van der Waals surface area contributed by atoms with Crippen LogP contribution in [0.15, 0.2) is 10.7 Å². The number of nitrogens with zero attached hydrogens (tertiary/aromatic N) is 3. The molecule has 2 aliphatic rings. The Bertz CT molecular complexity index is 567. The molecule has 8 nitrogen and oxygen atoms in total. The van der Waals surface area contributed by atoms with E-state index in [1.54, 1.807) is 0 Å². The molecule has 0 radical (unpaired) electrons. The number of rotatable bonds is 10. The van der Waals surface area contributed by atoms with Gasteiger partial charge in [0.1, 0.15) is 6.26 Å². The quantitative estimate of drug-likeness (QED) is 0.617. The molecule has 0 bridgehead atoms. The molecule has 0 spiro atoms. The number of carbonyl (C=O) groups excluding carboxylic acids is 1. The highest BCUT2D eigenvalue weighted by Crippen LogP contribution is 2.27. The van der Waals surface area contributed by atoms with E-state index in [0.29, 0.717) is 43.8 Å². The molecule has 1 atom stereocenters. The maximum Gasteiger partial charge on any atom is 0.273 e. The molecule has 2 N–H and O–H groups in total. The summed E-state index contributed by atoms with van der Waals surface area (Å²) < 4.78 is 10.7. The van der Waals surface area contributed by atoms with Crippen LogP contribution in [0.25, 0.3) is 0 Å². The minimum Gasteiger partial charge on any atom is -0.447 e. The maximum atomic E-state index is 12.0. The van der Waals surface area contributed by atoms with Gasteiger partial charge in [0.15, 0.2) is 5.69 Å². The van der Waals surface area contributed by atoms with Gasteiger partial charge in [-0.1, -0.05) is 0 Å². The van der Waals surface area contributed by atoms with Gasteiger partial charge in [-0.25, -0.2) is 4.98 Å². The van der Waals surface area contributed by atoms with Crippen LogP contribution in [0.4, 0.5) is 0 Å². The molecule has 1 aromatic rings. The Labute approximate surface area is 154 Å². The Balaban J connectivity index is 1.37. The van der Waals surface area contributed by atoms with Crippen LogP contribution in [0.5, 0.6) is 0 Å². The molecule has 1 saturated carbocycles. The van der Waals surface area contributed by atoms with Crippen molar-refractivity contribution >= 4 is 5.91 Å². The zero-order chi connectivity index (χ0) is 18.4. The fraction of sp³-hybridized carbons (Fsp3) is 0.778. The summed E-state index contributed by atoms with van der Waals surface area (Å²) in [7, 11) is 0. The predicted octanol–water partition coefficient (Wildman–Crippen LogP) is 0.329. The number of hydrogen-bond acceptors (Lipinski definition) is 7. The van der Waals surface area contributed by atoms with Crippen molar-refractivity contribution in [2.45, 2.75) is 32.4 Å². The lowest BCUT2D eigenvalue weighted by Crippen LogP contribution is -2.48. The third-order valence-corrected chi connectivity index (χ3v) is 4.84. The predicted molar refractivity (Wildman–Crippen MR) is 95.8 cm³/mol. The van der Waals surface area contributed by atoms with Gasteiger partial charge in [-0.2, -0.15) is 0 Å². The molecule has 8 heteroatoms. The normalized spacial score (nSPS) is 20.2.